The second-order valence-electron chi connectivity index (χ2n) is 5.06. The molecular weight excluding hydrogens is 224 g/mol. The van der Waals surface area contributed by atoms with Crippen LogP contribution in [0.5, 0.6) is 5.75 Å². The first-order valence-electron chi connectivity index (χ1n) is 5.23. The topological polar surface area (TPSA) is 46.5 Å². The van der Waals surface area contributed by atoms with Crippen LogP contribution in [-0.4, -0.2) is 11.1 Å². The van der Waals surface area contributed by atoms with Crippen molar-refractivity contribution in [2.45, 2.75) is 40.2 Å². The molecule has 16 heavy (non-hydrogen) atoms. The summed E-state index contributed by atoms with van der Waals surface area (Å²) in [6.07, 6.45) is 0.196. The Morgan fingerprint density at radius 2 is 2.19 bits per heavy atom. The van der Waals surface area contributed by atoms with E-state index in [-0.39, 0.29) is 11.4 Å². The van der Waals surface area contributed by atoms with E-state index < -0.39 is 6.10 Å². The summed E-state index contributed by atoms with van der Waals surface area (Å²) in [5.74, 6) is 0.176. The fourth-order valence-electron chi connectivity index (χ4n) is 1.41. The molecule has 1 aromatic rings. The molecule has 0 saturated carbocycles. The molecule has 0 aliphatic heterocycles. The normalized spacial score (nSPS) is 13.6. The Bertz CT molecular complexity index is 363. The number of thiophene rings is 1. The lowest BCUT2D eigenvalue weighted by Gasteiger charge is -2.21. The molecule has 1 unspecified atom stereocenters. The van der Waals surface area contributed by atoms with Gasteiger partial charge >= 0.3 is 5.97 Å². The van der Waals surface area contributed by atoms with Crippen LogP contribution < -0.4 is 4.74 Å². The summed E-state index contributed by atoms with van der Waals surface area (Å²) >= 11 is 1.41. The van der Waals surface area contributed by atoms with Gasteiger partial charge in [-0.1, -0.05) is 20.8 Å². The number of aliphatic hydroxyl groups is 1. The van der Waals surface area contributed by atoms with Gasteiger partial charge in [0.2, 0.25) is 0 Å². The van der Waals surface area contributed by atoms with E-state index in [1.165, 1.54) is 18.3 Å². The number of hydrogen-bond acceptors (Lipinski definition) is 4. The SMILES string of the molecule is CC(=O)Oc1csc(C(O)CC(C)(C)C)c1. The molecule has 1 atom stereocenters. The van der Waals surface area contributed by atoms with E-state index in [4.69, 9.17) is 4.74 Å². The summed E-state index contributed by atoms with van der Waals surface area (Å²) in [4.78, 5) is 11.6. The lowest BCUT2D eigenvalue weighted by atomic mass is 9.89. The van der Waals surface area contributed by atoms with Crippen molar-refractivity contribution >= 4 is 17.3 Å². The Morgan fingerprint density at radius 1 is 1.56 bits per heavy atom. The van der Waals surface area contributed by atoms with Gasteiger partial charge in [0.1, 0.15) is 5.75 Å². The first kappa shape index (κ1) is 13.2. The largest absolute Gasteiger partial charge is 0.426 e. The molecular formula is C12H18O3S. The maximum Gasteiger partial charge on any atom is 0.308 e. The average molecular weight is 242 g/mol. The van der Waals surface area contributed by atoms with Gasteiger partial charge in [-0.15, -0.1) is 11.3 Å². The molecule has 1 aromatic heterocycles. The molecule has 0 amide bonds. The van der Waals surface area contributed by atoms with Gasteiger partial charge in [-0.05, 0) is 17.9 Å². The van der Waals surface area contributed by atoms with Crippen LogP contribution in [0, 0.1) is 5.41 Å². The monoisotopic (exact) mass is 242 g/mol. The van der Waals surface area contributed by atoms with E-state index in [9.17, 15) is 9.90 Å². The predicted molar refractivity (Wildman–Crippen MR) is 64.7 cm³/mol. The van der Waals surface area contributed by atoms with Gasteiger partial charge in [-0.2, -0.15) is 0 Å². The van der Waals surface area contributed by atoms with Gasteiger partial charge < -0.3 is 9.84 Å². The fraction of sp³-hybridized carbons (Fsp3) is 0.583. The first-order chi connectivity index (χ1) is 7.28. The maximum atomic E-state index is 10.7. The number of carbonyl (C=O) groups excluding carboxylic acids is 1. The molecule has 0 fully saturated rings. The van der Waals surface area contributed by atoms with E-state index in [0.29, 0.717) is 12.2 Å². The summed E-state index contributed by atoms with van der Waals surface area (Å²) in [6, 6.07) is 1.72. The van der Waals surface area contributed by atoms with Crippen LogP contribution in [0.15, 0.2) is 11.4 Å². The quantitative estimate of drug-likeness (QED) is 0.828. The van der Waals surface area contributed by atoms with E-state index in [1.807, 2.05) is 0 Å². The number of aliphatic hydroxyl groups excluding tert-OH is 1. The van der Waals surface area contributed by atoms with Crippen molar-refractivity contribution in [1.29, 1.82) is 0 Å². The fourth-order valence-corrected chi connectivity index (χ4v) is 2.20. The summed E-state index contributed by atoms with van der Waals surface area (Å²) in [5, 5.41) is 11.7. The standard InChI is InChI=1S/C12H18O3S/c1-8(13)15-9-5-11(16-7-9)10(14)6-12(2,3)4/h5,7,10,14H,6H2,1-4H3. The highest BCUT2D eigenvalue weighted by molar-refractivity contribution is 7.10. The second-order valence-corrected chi connectivity index (χ2v) is 6.00. The van der Waals surface area contributed by atoms with Crippen molar-refractivity contribution < 1.29 is 14.6 Å². The van der Waals surface area contributed by atoms with Crippen LogP contribution in [0.4, 0.5) is 0 Å². The van der Waals surface area contributed by atoms with Crippen LogP contribution >= 0.6 is 11.3 Å². The van der Waals surface area contributed by atoms with Crippen molar-refractivity contribution in [3.63, 3.8) is 0 Å². The zero-order valence-electron chi connectivity index (χ0n) is 10.1. The highest BCUT2D eigenvalue weighted by atomic mass is 32.1. The maximum absolute atomic E-state index is 10.7. The predicted octanol–water partition coefficient (Wildman–Crippen LogP) is 3.14. The minimum absolute atomic E-state index is 0.0744. The number of rotatable bonds is 3. The van der Waals surface area contributed by atoms with Crippen molar-refractivity contribution in [3.8, 4) is 5.75 Å². The smallest absolute Gasteiger partial charge is 0.308 e. The van der Waals surface area contributed by atoms with Crippen LogP contribution in [0.2, 0.25) is 0 Å². The molecule has 3 nitrogen and oxygen atoms in total. The molecule has 0 aliphatic carbocycles. The lowest BCUT2D eigenvalue weighted by Crippen LogP contribution is -2.10. The van der Waals surface area contributed by atoms with Gasteiger partial charge in [0.25, 0.3) is 0 Å². The van der Waals surface area contributed by atoms with Crippen LogP contribution in [0.1, 0.15) is 45.1 Å². The zero-order valence-corrected chi connectivity index (χ0v) is 10.9. The molecule has 0 aliphatic rings. The third kappa shape index (κ3) is 4.33. The number of hydrogen-bond donors (Lipinski definition) is 1. The van der Waals surface area contributed by atoms with Crippen molar-refractivity contribution in [1.82, 2.24) is 0 Å². The summed E-state index contributed by atoms with van der Waals surface area (Å²) in [6.45, 7) is 7.60. The van der Waals surface area contributed by atoms with Gasteiger partial charge in [-0.3, -0.25) is 4.79 Å². The Labute approximate surface area is 100 Å². The molecule has 90 valence electrons. The van der Waals surface area contributed by atoms with Gasteiger partial charge in [0.15, 0.2) is 0 Å². The minimum atomic E-state index is -0.491. The third-order valence-electron chi connectivity index (χ3n) is 1.99. The van der Waals surface area contributed by atoms with Gasteiger partial charge in [-0.25, -0.2) is 0 Å². The van der Waals surface area contributed by atoms with Crippen LogP contribution in [0.25, 0.3) is 0 Å². The average Bonchev–Trinajstić information content (AvgIpc) is 2.48. The van der Waals surface area contributed by atoms with Crippen LogP contribution in [0.3, 0.4) is 0 Å². The molecule has 0 radical (unpaired) electrons. The Morgan fingerprint density at radius 3 is 2.69 bits per heavy atom. The first-order valence-corrected chi connectivity index (χ1v) is 6.11. The molecule has 0 bridgehead atoms. The van der Waals surface area contributed by atoms with Crippen molar-refractivity contribution in [2.75, 3.05) is 0 Å². The molecule has 0 spiro atoms. The number of esters is 1. The number of ether oxygens (including phenoxy) is 1. The highest BCUT2D eigenvalue weighted by Crippen LogP contribution is 2.34. The van der Waals surface area contributed by atoms with E-state index in [1.54, 1.807) is 11.4 Å². The minimum Gasteiger partial charge on any atom is -0.426 e. The van der Waals surface area contributed by atoms with Crippen LogP contribution in [-0.2, 0) is 4.79 Å². The van der Waals surface area contributed by atoms with E-state index >= 15 is 0 Å². The van der Waals surface area contributed by atoms with Gasteiger partial charge in [0.05, 0.1) is 6.10 Å². The molecule has 1 heterocycles. The Kier molecular flexibility index (Phi) is 4.10. The molecule has 4 heteroatoms. The summed E-state index contributed by atoms with van der Waals surface area (Å²) in [7, 11) is 0. The van der Waals surface area contributed by atoms with Gasteiger partial charge in [0, 0.05) is 17.2 Å². The van der Waals surface area contributed by atoms with Crippen molar-refractivity contribution in [2.24, 2.45) is 5.41 Å². The summed E-state index contributed by atoms with van der Waals surface area (Å²) in [5.41, 5.74) is 0.0744. The molecule has 0 saturated heterocycles. The van der Waals surface area contributed by atoms with E-state index in [2.05, 4.69) is 20.8 Å². The Hall–Kier alpha value is -0.870. The highest BCUT2D eigenvalue weighted by Gasteiger charge is 2.19. The third-order valence-corrected chi connectivity index (χ3v) is 3.00. The second kappa shape index (κ2) is 4.97. The number of carbonyl (C=O) groups is 1. The zero-order chi connectivity index (χ0) is 12.3. The van der Waals surface area contributed by atoms with E-state index in [0.717, 1.165) is 4.88 Å². The Balaban J connectivity index is 2.66. The molecule has 1 N–H and O–H groups in total. The molecule has 1 rings (SSSR count). The lowest BCUT2D eigenvalue weighted by molar-refractivity contribution is -0.131. The van der Waals surface area contributed by atoms with Crippen molar-refractivity contribution in [3.05, 3.63) is 16.3 Å². The molecule has 0 aromatic carbocycles. The summed E-state index contributed by atoms with van der Waals surface area (Å²) < 4.78 is 4.94.